The second-order valence-electron chi connectivity index (χ2n) is 3.00. The van der Waals surface area contributed by atoms with Gasteiger partial charge in [-0.25, -0.2) is 0 Å². The highest BCUT2D eigenvalue weighted by atomic mass is 35.5. The number of carbonyl (C=O) groups excluding carboxylic acids is 1. The first-order chi connectivity index (χ1) is 7.66. The second-order valence-corrected chi connectivity index (χ2v) is 4.24. The van der Waals surface area contributed by atoms with E-state index >= 15 is 0 Å². The van der Waals surface area contributed by atoms with Crippen molar-refractivity contribution in [3.63, 3.8) is 0 Å². The van der Waals surface area contributed by atoms with Crippen LogP contribution in [0.4, 0.5) is 5.13 Å². The first-order valence-electron chi connectivity index (χ1n) is 4.36. The molecule has 0 bridgehead atoms. The van der Waals surface area contributed by atoms with E-state index in [1.165, 1.54) is 23.0 Å². The van der Waals surface area contributed by atoms with E-state index in [-0.39, 0.29) is 5.91 Å². The molecule has 5 nitrogen and oxygen atoms in total. The van der Waals surface area contributed by atoms with E-state index in [0.717, 1.165) is 5.69 Å². The molecule has 0 aliphatic heterocycles. The first kappa shape index (κ1) is 11.0. The van der Waals surface area contributed by atoms with E-state index in [9.17, 15) is 4.79 Å². The number of halogens is 1. The lowest BCUT2D eigenvalue weighted by atomic mass is 10.2. The summed E-state index contributed by atoms with van der Waals surface area (Å²) in [6.45, 7) is 1.80. The molecule has 2 aromatic rings. The van der Waals surface area contributed by atoms with Crippen LogP contribution in [0, 0.1) is 6.92 Å². The lowest BCUT2D eigenvalue weighted by Gasteiger charge is -2.03. The molecule has 0 aromatic carbocycles. The number of pyridine rings is 1. The molecule has 0 radical (unpaired) electrons. The number of hydrogen-bond acceptors (Lipinski definition) is 5. The molecule has 0 fully saturated rings. The first-order valence-corrected chi connectivity index (χ1v) is 5.62. The van der Waals surface area contributed by atoms with Crippen LogP contribution >= 0.6 is 22.9 Å². The highest BCUT2D eigenvalue weighted by molar-refractivity contribution is 7.13. The molecule has 1 N–H and O–H groups in total. The highest BCUT2D eigenvalue weighted by Crippen LogP contribution is 2.17. The zero-order chi connectivity index (χ0) is 11.5. The minimum absolute atomic E-state index is 0.322. The zero-order valence-electron chi connectivity index (χ0n) is 8.27. The molecule has 0 aliphatic rings. The molecule has 2 rings (SSSR count). The van der Waals surface area contributed by atoms with Gasteiger partial charge in [0, 0.05) is 11.9 Å². The predicted molar refractivity (Wildman–Crippen MR) is 61.8 cm³/mol. The third kappa shape index (κ3) is 2.34. The lowest BCUT2D eigenvalue weighted by Crippen LogP contribution is -2.12. The summed E-state index contributed by atoms with van der Waals surface area (Å²) in [4.78, 5) is 15.8. The summed E-state index contributed by atoms with van der Waals surface area (Å²) in [5.41, 5.74) is 2.62. The number of aromatic nitrogens is 3. The molecule has 0 atom stereocenters. The maximum atomic E-state index is 11.7. The predicted octanol–water partition coefficient (Wildman–Crippen LogP) is 2.15. The Morgan fingerprint density at radius 3 is 3.00 bits per heavy atom. The molecule has 0 saturated heterocycles. The van der Waals surface area contributed by atoms with Crippen LogP contribution in [-0.4, -0.2) is 21.1 Å². The standard InChI is InChI=1S/C9H7ClN4OS/c1-5-2-7(10)6(3-11-5)8(15)13-9-14-12-4-16-9/h2-4H,1H3,(H,13,14,15). The summed E-state index contributed by atoms with van der Waals surface area (Å²) in [6, 6.07) is 1.64. The Bertz CT molecular complexity index is 514. The summed E-state index contributed by atoms with van der Waals surface area (Å²) in [6.07, 6.45) is 1.44. The summed E-state index contributed by atoms with van der Waals surface area (Å²) < 4.78 is 0. The summed E-state index contributed by atoms with van der Waals surface area (Å²) in [5, 5.41) is 10.7. The van der Waals surface area contributed by atoms with Crippen molar-refractivity contribution in [1.82, 2.24) is 15.2 Å². The number of aryl methyl sites for hydroxylation is 1. The van der Waals surface area contributed by atoms with E-state index in [4.69, 9.17) is 11.6 Å². The fraction of sp³-hybridized carbons (Fsp3) is 0.111. The second kappa shape index (κ2) is 4.54. The number of anilines is 1. The van der Waals surface area contributed by atoms with Gasteiger partial charge in [0.05, 0.1) is 10.6 Å². The third-order valence-electron chi connectivity index (χ3n) is 1.82. The minimum Gasteiger partial charge on any atom is -0.296 e. The Kier molecular flexibility index (Phi) is 3.12. The van der Waals surface area contributed by atoms with Gasteiger partial charge in [0.1, 0.15) is 5.51 Å². The quantitative estimate of drug-likeness (QED) is 0.892. The molecule has 1 amide bonds. The van der Waals surface area contributed by atoms with Crippen LogP contribution in [0.1, 0.15) is 16.1 Å². The maximum Gasteiger partial charge on any atom is 0.260 e. The van der Waals surface area contributed by atoms with Gasteiger partial charge in [0.25, 0.3) is 5.91 Å². The van der Waals surface area contributed by atoms with Crippen LogP contribution in [0.15, 0.2) is 17.8 Å². The van der Waals surface area contributed by atoms with Crippen molar-refractivity contribution in [2.24, 2.45) is 0 Å². The van der Waals surface area contributed by atoms with Gasteiger partial charge >= 0.3 is 0 Å². The van der Waals surface area contributed by atoms with Crippen LogP contribution in [0.2, 0.25) is 5.02 Å². The molecule has 7 heteroatoms. The van der Waals surface area contributed by atoms with Crippen LogP contribution in [0.3, 0.4) is 0 Å². The zero-order valence-corrected chi connectivity index (χ0v) is 9.84. The van der Waals surface area contributed by atoms with Gasteiger partial charge in [-0.05, 0) is 13.0 Å². The van der Waals surface area contributed by atoms with Crippen molar-refractivity contribution < 1.29 is 4.79 Å². The molecule has 0 spiro atoms. The SMILES string of the molecule is Cc1cc(Cl)c(C(=O)Nc2nncs2)cn1. The van der Waals surface area contributed by atoms with Crippen molar-refractivity contribution in [1.29, 1.82) is 0 Å². The molecule has 0 unspecified atom stereocenters. The smallest absolute Gasteiger partial charge is 0.260 e. The number of rotatable bonds is 2. The average Bonchev–Trinajstić information content (AvgIpc) is 2.70. The monoisotopic (exact) mass is 254 g/mol. The van der Waals surface area contributed by atoms with E-state index in [1.54, 1.807) is 13.0 Å². The van der Waals surface area contributed by atoms with Crippen molar-refractivity contribution >= 4 is 34.0 Å². The Balaban J connectivity index is 2.21. The van der Waals surface area contributed by atoms with Crippen LogP contribution in [-0.2, 0) is 0 Å². The van der Waals surface area contributed by atoms with Gasteiger partial charge in [-0.2, -0.15) is 0 Å². The lowest BCUT2D eigenvalue weighted by molar-refractivity contribution is 0.102. The Labute approximate surface area is 101 Å². The molecule has 2 heterocycles. The topological polar surface area (TPSA) is 67.8 Å². The molecule has 0 aliphatic carbocycles. The van der Waals surface area contributed by atoms with Crippen LogP contribution in [0.5, 0.6) is 0 Å². The molecular weight excluding hydrogens is 248 g/mol. The molecule has 82 valence electrons. The van der Waals surface area contributed by atoms with Crippen molar-refractivity contribution in [3.05, 3.63) is 34.1 Å². The van der Waals surface area contributed by atoms with Gasteiger partial charge in [-0.1, -0.05) is 22.9 Å². The van der Waals surface area contributed by atoms with Gasteiger partial charge in [-0.3, -0.25) is 15.1 Å². The van der Waals surface area contributed by atoms with Crippen LogP contribution < -0.4 is 5.32 Å². The maximum absolute atomic E-state index is 11.7. The van der Waals surface area contributed by atoms with Crippen molar-refractivity contribution in [2.45, 2.75) is 6.92 Å². The number of nitrogens with zero attached hydrogens (tertiary/aromatic N) is 3. The normalized spacial score (nSPS) is 10.1. The van der Waals surface area contributed by atoms with Gasteiger partial charge in [0.2, 0.25) is 5.13 Å². The molecule has 0 saturated carbocycles. The Hall–Kier alpha value is -1.53. The highest BCUT2D eigenvalue weighted by Gasteiger charge is 2.12. The van der Waals surface area contributed by atoms with Crippen LogP contribution in [0.25, 0.3) is 0 Å². The van der Waals surface area contributed by atoms with Crippen molar-refractivity contribution in [3.8, 4) is 0 Å². The fourth-order valence-corrected chi connectivity index (χ4v) is 1.82. The van der Waals surface area contributed by atoms with E-state index in [2.05, 4.69) is 20.5 Å². The number of nitrogens with one attached hydrogen (secondary N) is 1. The summed E-state index contributed by atoms with van der Waals surface area (Å²) >= 11 is 7.17. The Morgan fingerprint density at radius 1 is 1.56 bits per heavy atom. The minimum atomic E-state index is -0.339. The van der Waals surface area contributed by atoms with E-state index in [0.29, 0.717) is 15.7 Å². The largest absolute Gasteiger partial charge is 0.296 e. The molecule has 2 aromatic heterocycles. The average molecular weight is 255 g/mol. The van der Waals surface area contributed by atoms with Gasteiger partial charge < -0.3 is 0 Å². The summed E-state index contributed by atoms with van der Waals surface area (Å²) in [7, 11) is 0. The number of hydrogen-bond donors (Lipinski definition) is 1. The third-order valence-corrected chi connectivity index (χ3v) is 2.73. The van der Waals surface area contributed by atoms with Crippen molar-refractivity contribution in [2.75, 3.05) is 5.32 Å². The van der Waals surface area contributed by atoms with Gasteiger partial charge in [0.15, 0.2) is 0 Å². The summed E-state index contributed by atoms with van der Waals surface area (Å²) in [5.74, 6) is -0.339. The molecule has 16 heavy (non-hydrogen) atoms. The van der Waals surface area contributed by atoms with E-state index in [1.807, 2.05) is 0 Å². The number of amides is 1. The Morgan fingerprint density at radius 2 is 2.38 bits per heavy atom. The van der Waals surface area contributed by atoms with E-state index < -0.39 is 0 Å². The van der Waals surface area contributed by atoms with Gasteiger partial charge in [-0.15, -0.1) is 10.2 Å². The number of carbonyl (C=O) groups is 1. The fourth-order valence-electron chi connectivity index (χ4n) is 1.09. The molecular formula is C9H7ClN4OS.